The van der Waals surface area contributed by atoms with E-state index in [1.54, 1.807) is 12.4 Å². The van der Waals surface area contributed by atoms with Gasteiger partial charge in [-0.05, 0) is 44.4 Å². The minimum absolute atomic E-state index is 0.0279. The highest BCUT2D eigenvalue weighted by Gasteiger charge is 2.30. The molecule has 3 aromatic heterocycles. The minimum Gasteiger partial charge on any atom is -0.386 e. The molecule has 0 saturated carbocycles. The molecule has 3 heterocycles. The second-order valence-corrected chi connectivity index (χ2v) is 7.83. The molecule has 0 spiro atoms. The van der Waals surface area contributed by atoms with Crippen LogP contribution in [0.1, 0.15) is 40.5 Å². The lowest BCUT2D eigenvalue weighted by Crippen LogP contribution is -2.44. The lowest BCUT2D eigenvalue weighted by Gasteiger charge is -2.23. The summed E-state index contributed by atoms with van der Waals surface area (Å²) in [6, 6.07) is 2.34. The molecule has 0 bridgehead atoms. The van der Waals surface area contributed by atoms with E-state index in [4.69, 9.17) is 4.74 Å². The third-order valence-electron chi connectivity index (χ3n) is 4.65. The van der Waals surface area contributed by atoms with Gasteiger partial charge >= 0.3 is 6.18 Å². The summed E-state index contributed by atoms with van der Waals surface area (Å²) in [4.78, 5) is 20.5. The summed E-state index contributed by atoms with van der Waals surface area (Å²) in [6.07, 6.45) is 2.17. The molecular weight excluding hydrogens is 427 g/mol. The Morgan fingerprint density at radius 2 is 2.00 bits per heavy atom. The van der Waals surface area contributed by atoms with Gasteiger partial charge < -0.3 is 15.2 Å². The molecule has 0 saturated heterocycles. The van der Waals surface area contributed by atoms with Crippen LogP contribution in [0.2, 0.25) is 0 Å². The van der Waals surface area contributed by atoms with Crippen LogP contribution in [0.4, 0.5) is 13.2 Å². The predicted molar refractivity (Wildman–Crippen MR) is 109 cm³/mol. The number of aryl methyl sites for hydroxylation is 2. The standard InChI is InChI=1S/C21H24F3N5O3/c1-14-8-26-18-17(10-28-29(18)11-14)19(30)27-12-20(2,31)13-32-7-3-4-16-6-5-15(9-25-16)21(22,23)24/h5-6,8-11,31H,3-4,7,12-13H2,1-2H3,(H,27,30). The minimum atomic E-state index is -4.41. The van der Waals surface area contributed by atoms with Crippen LogP contribution in [0, 0.1) is 6.92 Å². The summed E-state index contributed by atoms with van der Waals surface area (Å²) < 4.78 is 44.6. The van der Waals surface area contributed by atoms with Gasteiger partial charge in [-0.3, -0.25) is 9.78 Å². The van der Waals surface area contributed by atoms with Crippen LogP contribution in [-0.4, -0.2) is 56.0 Å². The fraction of sp³-hybridized carbons (Fsp3) is 0.429. The van der Waals surface area contributed by atoms with E-state index in [0.29, 0.717) is 29.7 Å². The Bertz CT molecular complexity index is 1060. The van der Waals surface area contributed by atoms with Gasteiger partial charge in [-0.1, -0.05) is 0 Å². The number of pyridine rings is 1. The molecule has 0 aromatic carbocycles. The molecule has 3 rings (SSSR count). The van der Waals surface area contributed by atoms with Crippen LogP contribution in [-0.2, 0) is 17.3 Å². The topological polar surface area (TPSA) is 102 Å². The first-order valence-electron chi connectivity index (χ1n) is 9.96. The molecule has 172 valence electrons. The Balaban J connectivity index is 1.40. The summed E-state index contributed by atoms with van der Waals surface area (Å²) in [5.74, 6) is -0.412. The van der Waals surface area contributed by atoms with Gasteiger partial charge in [0.1, 0.15) is 11.2 Å². The maximum Gasteiger partial charge on any atom is 0.417 e. The number of nitrogens with zero attached hydrogens (tertiary/aromatic N) is 4. The Morgan fingerprint density at radius 1 is 1.22 bits per heavy atom. The van der Waals surface area contributed by atoms with Crippen molar-refractivity contribution in [3.8, 4) is 0 Å². The normalized spacial score (nSPS) is 13.8. The zero-order valence-electron chi connectivity index (χ0n) is 17.7. The van der Waals surface area contributed by atoms with Crippen molar-refractivity contribution in [1.82, 2.24) is 24.9 Å². The largest absolute Gasteiger partial charge is 0.417 e. The lowest BCUT2D eigenvalue weighted by molar-refractivity contribution is -0.137. The van der Waals surface area contributed by atoms with Crippen LogP contribution in [0.3, 0.4) is 0 Å². The van der Waals surface area contributed by atoms with E-state index in [2.05, 4.69) is 20.4 Å². The second kappa shape index (κ2) is 9.61. The first-order valence-corrected chi connectivity index (χ1v) is 9.96. The molecule has 0 aliphatic heterocycles. The predicted octanol–water partition coefficient (Wildman–Crippen LogP) is 2.58. The molecule has 1 amide bonds. The van der Waals surface area contributed by atoms with Crippen molar-refractivity contribution >= 4 is 11.6 Å². The molecule has 0 aliphatic carbocycles. The van der Waals surface area contributed by atoms with Gasteiger partial charge in [0.15, 0.2) is 5.65 Å². The first-order chi connectivity index (χ1) is 15.0. The molecule has 1 atom stereocenters. The Hall–Kier alpha value is -3.05. The molecule has 2 N–H and O–H groups in total. The average Bonchev–Trinajstić information content (AvgIpc) is 3.14. The molecule has 0 aliphatic rings. The number of nitrogens with one attached hydrogen (secondary N) is 1. The number of rotatable bonds is 9. The summed E-state index contributed by atoms with van der Waals surface area (Å²) in [5, 5.41) is 17.2. The SMILES string of the molecule is Cc1cnc2c(C(=O)NCC(C)(O)COCCCc3ccc(C(F)(F)F)cn3)cnn2c1. The average molecular weight is 451 g/mol. The Morgan fingerprint density at radius 3 is 2.69 bits per heavy atom. The monoisotopic (exact) mass is 451 g/mol. The highest BCUT2D eigenvalue weighted by molar-refractivity contribution is 5.99. The summed E-state index contributed by atoms with van der Waals surface area (Å²) in [5.41, 5.74) is 0.0479. The van der Waals surface area contributed by atoms with Crippen molar-refractivity contribution in [2.45, 2.75) is 38.5 Å². The smallest absolute Gasteiger partial charge is 0.386 e. The molecule has 0 radical (unpaired) electrons. The van der Waals surface area contributed by atoms with E-state index in [9.17, 15) is 23.1 Å². The summed E-state index contributed by atoms with van der Waals surface area (Å²) in [7, 11) is 0. The van der Waals surface area contributed by atoms with Crippen molar-refractivity contribution in [3.63, 3.8) is 0 Å². The fourth-order valence-electron chi connectivity index (χ4n) is 2.93. The first kappa shape index (κ1) is 23.6. The number of fused-ring (bicyclic) bond motifs is 1. The van der Waals surface area contributed by atoms with Crippen LogP contribution in [0.5, 0.6) is 0 Å². The number of aliphatic hydroxyl groups is 1. The van der Waals surface area contributed by atoms with E-state index in [1.807, 2.05) is 6.92 Å². The van der Waals surface area contributed by atoms with Crippen LogP contribution in [0.25, 0.3) is 5.65 Å². The molecule has 3 aromatic rings. The third-order valence-corrected chi connectivity index (χ3v) is 4.65. The van der Waals surface area contributed by atoms with Gasteiger partial charge in [0, 0.05) is 37.4 Å². The summed E-state index contributed by atoms with van der Waals surface area (Å²) >= 11 is 0. The number of carbonyl (C=O) groups is 1. The number of ether oxygens (including phenoxy) is 1. The van der Waals surface area contributed by atoms with Gasteiger partial charge in [-0.25, -0.2) is 9.50 Å². The molecule has 1 unspecified atom stereocenters. The van der Waals surface area contributed by atoms with Crippen molar-refractivity contribution in [1.29, 1.82) is 0 Å². The van der Waals surface area contributed by atoms with Crippen molar-refractivity contribution in [3.05, 3.63) is 59.3 Å². The van der Waals surface area contributed by atoms with E-state index < -0.39 is 23.2 Å². The maximum atomic E-state index is 12.5. The van der Waals surface area contributed by atoms with Gasteiger partial charge in [0.05, 0.1) is 18.4 Å². The van der Waals surface area contributed by atoms with Crippen molar-refractivity contribution < 1.29 is 27.8 Å². The van der Waals surface area contributed by atoms with Crippen molar-refractivity contribution in [2.75, 3.05) is 19.8 Å². The highest BCUT2D eigenvalue weighted by atomic mass is 19.4. The van der Waals surface area contributed by atoms with E-state index in [0.717, 1.165) is 17.8 Å². The molecule has 8 nitrogen and oxygen atoms in total. The Kier molecular flexibility index (Phi) is 7.09. The number of hydrogen-bond acceptors (Lipinski definition) is 6. The molecular formula is C21H24F3N5O3. The Labute approximate surface area is 182 Å². The number of hydrogen-bond donors (Lipinski definition) is 2. The second-order valence-electron chi connectivity index (χ2n) is 7.83. The maximum absolute atomic E-state index is 12.5. The quantitative estimate of drug-likeness (QED) is 0.485. The highest BCUT2D eigenvalue weighted by Crippen LogP contribution is 2.28. The zero-order valence-corrected chi connectivity index (χ0v) is 17.7. The fourth-order valence-corrected chi connectivity index (χ4v) is 2.93. The summed E-state index contributed by atoms with van der Waals surface area (Å²) in [6.45, 7) is 3.60. The van der Waals surface area contributed by atoms with Gasteiger partial charge in [0.2, 0.25) is 0 Å². The van der Waals surface area contributed by atoms with E-state index >= 15 is 0 Å². The third kappa shape index (κ3) is 6.24. The zero-order chi connectivity index (χ0) is 23.4. The van der Waals surface area contributed by atoms with Crippen LogP contribution >= 0.6 is 0 Å². The lowest BCUT2D eigenvalue weighted by atomic mass is 10.1. The molecule has 32 heavy (non-hydrogen) atoms. The number of alkyl halides is 3. The molecule has 0 fully saturated rings. The number of carbonyl (C=O) groups excluding carboxylic acids is 1. The van der Waals surface area contributed by atoms with E-state index in [1.165, 1.54) is 23.7 Å². The number of amides is 1. The van der Waals surface area contributed by atoms with Gasteiger partial charge in [-0.15, -0.1) is 0 Å². The van der Waals surface area contributed by atoms with Crippen molar-refractivity contribution in [2.24, 2.45) is 0 Å². The van der Waals surface area contributed by atoms with Gasteiger partial charge in [-0.2, -0.15) is 18.3 Å². The van der Waals surface area contributed by atoms with E-state index in [-0.39, 0.29) is 19.8 Å². The number of halogens is 3. The van der Waals surface area contributed by atoms with Gasteiger partial charge in [0.25, 0.3) is 5.91 Å². The van der Waals surface area contributed by atoms with Crippen LogP contribution < -0.4 is 5.32 Å². The molecule has 11 heteroatoms. The number of aromatic nitrogens is 4. The van der Waals surface area contributed by atoms with Crippen LogP contribution in [0.15, 0.2) is 36.9 Å².